The Kier molecular flexibility index (Phi) is 23.8. The Bertz CT molecular complexity index is 647. The summed E-state index contributed by atoms with van der Waals surface area (Å²) in [6.45, 7) is 2.25. The van der Waals surface area contributed by atoms with E-state index in [0.717, 1.165) is 12.5 Å². The summed E-state index contributed by atoms with van der Waals surface area (Å²) in [6.07, 6.45) is 28.5. The molecule has 0 fully saturated rings. The maximum Gasteiger partial charge on any atom is 0.328 e. The normalized spacial score (nSPS) is 12.7. The van der Waals surface area contributed by atoms with Gasteiger partial charge in [0.25, 0.3) is 0 Å². The van der Waals surface area contributed by atoms with Gasteiger partial charge < -0.3 is 21.1 Å². The summed E-state index contributed by atoms with van der Waals surface area (Å²) in [5.74, 6) is -3.13. The SMILES string of the molecule is CCCCCCCCC/C=C/C=C/C=C/C=C/C=C/C(=O)O.NC(CCC(=O)O)C(=O)O. The van der Waals surface area contributed by atoms with Crippen molar-refractivity contribution in [3.05, 3.63) is 60.8 Å². The number of nitrogens with two attached hydrogens (primary N) is 1. The van der Waals surface area contributed by atoms with Gasteiger partial charge in [-0.2, -0.15) is 0 Å². The van der Waals surface area contributed by atoms with Crippen LogP contribution in [0.2, 0.25) is 0 Å². The predicted octanol–water partition coefficient (Wildman–Crippen LogP) is 5.26. The highest BCUT2D eigenvalue weighted by Gasteiger charge is 2.12. The van der Waals surface area contributed by atoms with Crippen molar-refractivity contribution in [2.75, 3.05) is 0 Å². The van der Waals surface area contributed by atoms with Crippen molar-refractivity contribution < 1.29 is 29.7 Å². The van der Waals surface area contributed by atoms with E-state index in [4.69, 9.17) is 21.1 Å². The Balaban J connectivity index is 0. The molecule has 7 nitrogen and oxygen atoms in total. The first kappa shape index (κ1) is 31.3. The molecule has 0 radical (unpaired) electrons. The molecule has 0 aromatic carbocycles. The largest absolute Gasteiger partial charge is 0.481 e. The van der Waals surface area contributed by atoms with Crippen LogP contribution in [0.25, 0.3) is 0 Å². The minimum atomic E-state index is -1.17. The van der Waals surface area contributed by atoms with E-state index in [2.05, 4.69) is 19.1 Å². The molecule has 1 unspecified atom stereocenters. The summed E-state index contributed by atoms with van der Waals surface area (Å²) in [6, 6.07) is -1.06. The fourth-order valence-corrected chi connectivity index (χ4v) is 2.32. The lowest BCUT2D eigenvalue weighted by molar-refractivity contribution is -0.140. The number of carboxylic acids is 3. The summed E-state index contributed by atoms with van der Waals surface area (Å²) in [5, 5.41) is 24.7. The summed E-state index contributed by atoms with van der Waals surface area (Å²) in [5.41, 5.74) is 5.00. The topological polar surface area (TPSA) is 138 Å². The maximum atomic E-state index is 10.2. The van der Waals surface area contributed by atoms with Gasteiger partial charge in [-0.15, -0.1) is 0 Å². The van der Waals surface area contributed by atoms with E-state index in [0.29, 0.717) is 0 Å². The van der Waals surface area contributed by atoms with Gasteiger partial charge in [-0.3, -0.25) is 9.59 Å². The Morgan fingerprint density at radius 2 is 1.25 bits per heavy atom. The lowest BCUT2D eigenvalue weighted by Crippen LogP contribution is -2.30. The highest BCUT2D eigenvalue weighted by Crippen LogP contribution is 2.08. The number of hydrogen-bond donors (Lipinski definition) is 4. The third-order valence-electron chi connectivity index (χ3n) is 4.11. The Morgan fingerprint density at radius 3 is 1.75 bits per heavy atom. The number of rotatable bonds is 17. The van der Waals surface area contributed by atoms with Gasteiger partial charge in [0.1, 0.15) is 6.04 Å². The molecule has 180 valence electrons. The Morgan fingerprint density at radius 1 is 0.750 bits per heavy atom. The third kappa shape index (κ3) is 29.3. The molecule has 0 saturated heterocycles. The first-order chi connectivity index (χ1) is 15.3. The molecule has 32 heavy (non-hydrogen) atoms. The van der Waals surface area contributed by atoms with Crippen LogP contribution in [0.4, 0.5) is 0 Å². The van der Waals surface area contributed by atoms with Crippen molar-refractivity contribution in [3.8, 4) is 0 Å². The number of hydrogen-bond acceptors (Lipinski definition) is 4. The second kappa shape index (κ2) is 24.3. The molecule has 0 aliphatic heterocycles. The van der Waals surface area contributed by atoms with Crippen LogP contribution in [0.5, 0.6) is 0 Å². The molecular weight excluding hydrogens is 410 g/mol. The zero-order valence-electron chi connectivity index (χ0n) is 19.1. The fraction of sp³-hybridized carbons (Fsp3) is 0.480. The molecule has 0 bridgehead atoms. The summed E-state index contributed by atoms with van der Waals surface area (Å²) in [4.78, 5) is 30.1. The summed E-state index contributed by atoms with van der Waals surface area (Å²) >= 11 is 0. The number of allylic oxidation sites excluding steroid dienone is 9. The van der Waals surface area contributed by atoms with Crippen LogP contribution in [0.1, 0.15) is 71.1 Å². The average molecular weight is 450 g/mol. The first-order valence-electron chi connectivity index (χ1n) is 11.1. The van der Waals surface area contributed by atoms with Crippen molar-refractivity contribution in [1.29, 1.82) is 0 Å². The molecule has 0 heterocycles. The highest BCUT2D eigenvalue weighted by molar-refractivity contribution is 5.80. The van der Waals surface area contributed by atoms with Gasteiger partial charge in [0, 0.05) is 12.5 Å². The van der Waals surface area contributed by atoms with Gasteiger partial charge in [-0.05, 0) is 19.3 Å². The number of carbonyl (C=O) groups is 3. The Hall–Kier alpha value is -2.93. The van der Waals surface area contributed by atoms with Crippen molar-refractivity contribution in [2.24, 2.45) is 5.73 Å². The standard InChI is InChI=1S/C20H30O2.C5H9NO4/c1-2-3-4-5-6-7-8-9-10-11-12-13-14-15-16-17-18-19-20(21)22;6-3(5(9)10)1-2-4(7)8/h10-19H,2-9H2,1H3,(H,21,22);3H,1-2,6H2,(H,7,8)(H,9,10)/b11-10+,13-12+,15-14+,17-16+,19-18+;. The zero-order chi connectivity index (χ0) is 24.5. The van der Waals surface area contributed by atoms with Crippen LogP contribution in [0.3, 0.4) is 0 Å². The van der Waals surface area contributed by atoms with Gasteiger partial charge in [0.15, 0.2) is 0 Å². The molecule has 0 rings (SSSR count). The molecule has 5 N–H and O–H groups in total. The second-order valence-corrected chi connectivity index (χ2v) is 7.07. The van der Waals surface area contributed by atoms with Crippen LogP contribution in [0, 0.1) is 0 Å². The molecule has 0 spiro atoms. The van der Waals surface area contributed by atoms with Crippen LogP contribution in [-0.2, 0) is 14.4 Å². The lowest BCUT2D eigenvalue weighted by atomic mass is 10.1. The molecule has 0 aromatic heterocycles. The molecule has 0 amide bonds. The second-order valence-electron chi connectivity index (χ2n) is 7.07. The van der Waals surface area contributed by atoms with E-state index < -0.39 is 23.9 Å². The number of unbranched alkanes of at least 4 members (excludes halogenated alkanes) is 7. The van der Waals surface area contributed by atoms with E-state index in [9.17, 15) is 14.4 Å². The van der Waals surface area contributed by atoms with E-state index in [1.807, 2.05) is 24.3 Å². The molecule has 0 aromatic rings. The van der Waals surface area contributed by atoms with Crippen LogP contribution in [0.15, 0.2) is 60.8 Å². The number of aliphatic carboxylic acids is 3. The maximum absolute atomic E-state index is 10.2. The molecule has 0 aliphatic carbocycles. The van der Waals surface area contributed by atoms with Gasteiger partial charge >= 0.3 is 17.9 Å². The van der Waals surface area contributed by atoms with E-state index in [1.54, 1.807) is 12.2 Å². The highest BCUT2D eigenvalue weighted by atomic mass is 16.4. The van der Waals surface area contributed by atoms with Crippen molar-refractivity contribution >= 4 is 17.9 Å². The molecule has 1 atom stereocenters. The predicted molar refractivity (Wildman–Crippen MR) is 128 cm³/mol. The average Bonchev–Trinajstić information content (AvgIpc) is 2.74. The molecular formula is C25H39NO6. The summed E-state index contributed by atoms with van der Waals surface area (Å²) in [7, 11) is 0. The molecule has 0 saturated carbocycles. The van der Waals surface area contributed by atoms with Crippen LogP contribution in [-0.4, -0.2) is 39.3 Å². The zero-order valence-corrected chi connectivity index (χ0v) is 19.1. The van der Waals surface area contributed by atoms with Gasteiger partial charge in [-0.1, -0.05) is 100 Å². The number of carboxylic acid groups (broad SMARTS) is 3. The van der Waals surface area contributed by atoms with Gasteiger partial charge in [0.2, 0.25) is 0 Å². The third-order valence-corrected chi connectivity index (χ3v) is 4.11. The monoisotopic (exact) mass is 449 g/mol. The fourth-order valence-electron chi connectivity index (χ4n) is 2.32. The van der Waals surface area contributed by atoms with Crippen LogP contribution >= 0.6 is 0 Å². The smallest absolute Gasteiger partial charge is 0.328 e. The summed E-state index contributed by atoms with van der Waals surface area (Å²) < 4.78 is 0. The van der Waals surface area contributed by atoms with Crippen LogP contribution < -0.4 is 5.73 Å². The first-order valence-corrected chi connectivity index (χ1v) is 11.1. The van der Waals surface area contributed by atoms with E-state index in [1.165, 1.54) is 51.0 Å². The van der Waals surface area contributed by atoms with Crippen molar-refractivity contribution in [1.82, 2.24) is 0 Å². The minimum absolute atomic E-state index is 0.0231. The quantitative estimate of drug-likeness (QED) is 0.135. The Labute approximate surface area is 191 Å². The van der Waals surface area contributed by atoms with Gasteiger partial charge in [-0.25, -0.2) is 4.79 Å². The van der Waals surface area contributed by atoms with Crippen molar-refractivity contribution in [3.63, 3.8) is 0 Å². The van der Waals surface area contributed by atoms with E-state index >= 15 is 0 Å². The van der Waals surface area contributed by atoms with Crippen molar-refractivity contribution in [2.45, 2.75) is 77.2 Å². The van der Waals surface area contributed by atoms with E-state index in [-0.39, 0.29) is 12.8 Å². The molecule has 7 heteroatoms. The lowest BCUT2D eigenvalue weighted by Gasteiger charge is -2.01. The van der Waals surface area contributed by atoms with Gasteiger partial charge in [0.05, 0.1) is 0 Å². The minimum Gasteiger partial charge on any atom is -0.481 e. The molecule has 0 aliphatic rings.